The van der Waals surface area contributed by atoms with Crippen LogP contribution in [0.2, 0.25) is 0 Å². The van der Waals surface area contributed by atoms with E-state index in [0.29, 0.717) is 41.1 Å². The van der Waals surface area contributed by atoms with Crippen molar-refractivity contribution >= 4 is 16.8 Å². The highest BCUT2D eigenvalue weighted by atomic mass is 19.1. The fraction of sp³-hybridized carbons (Fsp3) is 0.259. The van der Waals surface area contributed by atoms with E-state index < -0.39 is 0 Å². The molecule has 7 nitrogen and oxygen atoms in total. The van der Waals surface area contributed by atoms with E-state index in [-0.39, 0.29) is 23.7 Å². The number of carbonyl (C=O) groups is 1. The lowest BCUT2D eigenvalue weighted by atomic mass is 9.99. The first kappa shape index (κ1) is 21.3. The molecule has 0 N–H and O–H groups in total. The molecule has 1 amide bonds. The van der Waals surface area contributed by atoms with Crippen LogP contribution < -0.4 is 4.74 Å². The summed E-state index contributed by atoms with van der Waals surface area (Å²) in [6.45, 7) is 0.893. The van der Waals surface area contributed by atoms with Crippen LogP contribution in [0.15, 0.2) is 54.9 Å². The van der Waals surface area contributed by atoms with Crippen molar-refractivity contribution in [1.82, 2.24) is 19.7 Å². The van der Waals surface area contributed by atoms with Crippen LogP contribution in [0.4, 0.5) is 4.39 Å². The molecule has 0 spiro atoms. The van der Waals surface area contributed by atoms with E-state index in [1.165, 1.54) is 6.07 Å². The number of aryl methyl sites for hydroxylation is 1. The van der Waals surface area contributed by atoms with E-state index in [1.54, 1.807) is 34.0 Å². The summed E-state index contributed by atoms with van der Waals surface area (Å²) in [5, 5.41) is 14.7. The minimum Gasteiger partial charge on any atom is -0.490 e. The number of pyridine rings is 1. The van der Waals surface area contributed by atoms with Gasteiger partial charge in [-0.15, -0.1) is 0 Å². The average molecular weight is 468 g/mol. The lowest BCUT2D eigenvalue weighted by Crippen LogP contribution is -2.23. The maximum atomic E-state index is 15.2. The van der Waals surface area contributed by atoms with E-state index in [4.69, 9.17) is 4.74 Å². The monoisotopic (exact) mass is 467 g/mol. The highest BCUT2D eigenvalue weighted by molar-refractivity contribution is 5.98. The van der Waals surface area contributed by atoms with Crippen molar-refractivity contribution in [2.24, 2.45) is 12.5 Å². The van der Waals surface area contributed by atoms with E-state index in [9.17, 15) is 10.1 Å². The first-order valence-corrected chi connectivity index (χ1v) is 11.5. The number of ether oxygens (including phenoxy) is 1. The topological polar surface area (TPSA) is 84.0 Å². The van der Waals surface area contributed by atoms with Crippen molar-refractivity contribution < 1.29 is 13.9 Å². The van der Waals surface area contributed by atoms with Gasteiger partial charge in [0.1, 0.15) is 23.7 Å². The largest absolute Gasteiger partial charge is 0.490 e. The number of fused-ring (bicyclic) bond motifs is 2. The van der Waals surface area contributed by atoms with E-state index in [1.807, 2.05) is 31.4 Å². The Balaban J connectivity index is 1.27. The Labute approximate surface area is 201 Å². The lowest BCUT2D eigenvalue weighted by molar-refractivity contribution is 0.0765. The molecule has 2 aliphatic rings. The van der Waals surface area contributed by atoms with Crippen molar-refractivity contribution in [2.75, 3.05) is 6.61 Å². The molecule has 0 atom stereocenters. The smallest absolute Gasteiger partial charge is 0.256 e. The third-order valence-corrected chi connectivity index (χ3v) is 6.82. The fourth-order valence-corrected chi connectivity index (χ4v) is 4.58. The highest BCUT2D eigenvalue weighted by Gasteiger charge is 2.44. The number of carbonyl (C=O) groups excluding carboxylic acids is 1. The van der Waals surface area contributed by atoms with Crippen LogP contribution in [0.1, 0.15) is 34.5 Å². The number of hydrogen-bond acceptors (Lipinski definition) is 5. The van der Waals surface area contributed by atoms with Crippen LogP contribution in [0.5, 0.6) is 5.75 Å². The van der Waals surface area contributed by atoms with Crippen LogP contribution in [-0.2, 0) is 20.1 Å². The number of halogens is 1. The van der Waals surface area contributed by atoms with Crippen LogP contribution in [0.3, 0.4) is 0 Å². The third kappa shape index (κ3) is 3.69. The molecule has 0 radical (unpaired) electrons. The Morgan fingerprint density at radius 3 is 2.80 bits per heavy atom. The minimum absolute atomic E-state index is 0.131. The van der Waals surface area contributed by atoms with Gasteiger partial charge in [0.25, 0.3) is 5.91 Å². The molecule has 0 unspecified atom stereocenters. The summed E-state index contributed by atoms with van der Waals surface area (Å²) in [6.07, 6.45) is 5.25. The molecule has 4 aromatic rings. The standard InChI is InChI=1S/C27H22FN5O2/c1-32-13-21-19(6-7-24(25(21)31-32)35-16-27(15-29)8-9-27)17-4-5-18(22(28)11-17)12-33-14-23-20(26(33)34)3-2-10-30-23/h2-7,10-11,13H,8-9,12,14,16H2,1H3. The molecule has 3 heterocycles. The van der Waals surface area contributed by atoms with Crippen molar-refractivity contribution in [1.29, 1.82) is 5.26 Å². The van der Waals surface area contributed by atoms with E-state index in [2.05, 4.69) is 16.2 Å². The molecule has 0 bridgehead atoms. The van der Waals surface area contributed by atoms with Crippen LogP contribution in [0, 0.1) is 22.6 Å². The second-order valence-electron chi connectivity index (χ2n) is 9.32. The Hall–Kier alpha value is -4.25. The van der Waals surface area contributed by atoms with Gasteiger partial charge in [0.15, 0.2) is 0 Å². The molecule has 6 rings (SSSR count). The molecule has 35 heavy (non-hydrogen) atoms. The molecular formula is C27H22FN5O2. The average Bonchev–Trinajstić information content (AvgIpc) is 3.44. The van der Waals surface area contributed by atoms with E-state index in [0.717, 1.165) is 29.5 Å². The number of rotatable bonds is 6. The number of hydrogen-bond donors (Lipinski definition) is 0. The van der Waals surface area contributed by atoms with E-state index >= 15 is 4.39 Å². The molecule has 1 fully saturated rings. The zero-order valence-corrected chi connectivity index (χ0v) is 19.2. The van der Waals surface area contributed by atoms with Gasteiger partial charge < -0.3 is 9.64 Å². The van der Waals surface area contributed by atoms with Crippen molar-refractivity contribution in [2.45, 2.75) is 25.9 Å². The van der Waals surface area contributed by atoms with Gasteiger partial charge in [0.2, 0.25) is 0 Å². The summed E-state index contributed by atoms with van der Waals surface area (Å²) in [5.74, 6) is 0.110. The maximum absolute atomic E-state index is 15.2. The van der Waals surface area contributed by atoms with Crippen LogP contribution >= 0.6 is 0 Å². The van der Waals surface area contributed by atoms with Gasteiger partial charge in [-0.2, -0.15) is 10.4 Å². The third-order valence-electron chi connectivity index (χ3n) is 6.82. The Morgan fingerprint density at radius 1 is 1.20 bits per heavy atom. The second kappa shape index (κ2) is 7.91. The van der Waals surface area contributed by atoms with Gasteiger partial charge in [-0.25, -0.2) is 4.39 Å². The number of benzene rings is 2. The minimum atomic E-state index is -0.382. The summed E-state index contributed by atoms with van der Waals surface area (Å²) in [7, 11) is 1.83. The van der Waals surface area contributed by atoms with Gasteiger partial charge in [0, 0.05) is 36.9 Å². The lowest BCUT2D eigenvalue weighted by Gasteiger charge is -2.16. The molecule has 2 aromatic heterocycles. The Morgan fingerprint density at radius 2 is 2.06 bits per heavy atom. The fourth-order valence-electron chi connectivity index (χ4n) is 4.58. The zero-order chi connectivity index (χ0) is 24.2. The van der Waals surface area contributed by atoms with Crippen molar-refractivity contribution in [3.8, 4) is 22.9 Å². The van der Waals surface area contributed by atoms with Crippen molar-refractivity contribution in [3.63, 3.8) is 0 Å². The molecular weight excluding hydrogens is 445 g/mol. The van der Waals surface area contributed by atoms with Gasteiger partial charge in [-0.3, -0.25) is 14.5 Å². The number of nitrogens with zero attached hydrogens (tertiary/aromatic N) is 5. The molecule has 1 aliphatic heterocycles. The molecule has 8 heteroatoms. The normalized spacial score (nSPS) is 15.8. The summed E-state index contributed by atoms with van der Waals surface area (Å²) in [4.78, 5) is 18.5. The molecule has 1 aliphatic carbocycles. The summed E-state index contributed by atoms with van der Waals surface area (Å²) < 4.78 is 22.9. The summed E-state index contributed by atoms with van der Waals surface area (Å²) >= 11 is 0. The number of amides is 1. The predicted octanol–water partition coefficient (Wildman–Crippen LogP) is 4.61. The van der Waals surface area contributed by atoms with Crippen molar-refractivity contribution in [3.05, 3.63) is 77.5 Å². The molecule has 0 saturated heterocycles. The van der Waals surface area contributed by atoms with Gasteiger partial charge in [-0.05, 0) is 54.3 Å². The zero-order valence-electron chi connectivity index (χ0n) is 19.2. The molecule has 174 valence electrons. The Bertz CT molecular complexity index is 1530. The molecule has 2 aromatic carbocycles. The summed E-state index contributed by atoms with van der Waals surface area (Å²) in [5.41, 5.74) is 3.59. The van der Waals surface area contributed by atoms with Crippen LogP contribution in [-0.4, -0.2) is 32.2 Å². The van der Waals surface area contributed by atoms with Gasteiger partial charge in [0.05, 0.1) is 29.3 Å². The number of aromatic nitrogens is 3. The van der Waals surface area contributed by atoms with Crippen LogP contribution in [0.25, 0.3) is 22.0 Å². The Kier molecular flexibility index (Phi) is 4.81. The van der Waals surface area contributed by atoms with Gasteiger partial charge >= 0.3 is 0 Å². The first-order valence-electron chi connectivity index (χ1n) is 11.5. The molecule has 1 saturated carbocycles. The highest BCUT2D eigenvalue weighted by Crippen LogP contribution is 2.45. The first-order chi connectivity index (χ1) is 17.0. The predicted molar refractivity (Wildman–Crippen MR) is 127 cm³/mol. The maximum Gasteiger partial charge on any atom is 0.256 e. The summed E-state index contributed by atoms with van der Waals surface area (Å²) in [6, 6.07) is 14.6. The second-order valence-corrected chi connectivity index (χ2v) is 9.32. The SMILES string of the molecule is Cn1cc2c(-c3ccc(CN4Cc5ncccc5C4=O)c(F)c3)ccc(OCC3(C#N)CC3)c2n1. The quantitative estimate of drug-likeness (QED) is 0.413. The van der Waals surface area contributed by atoms with Gasteiger partial charge in [-0.1, -0.05) is 12.1 Å². The number of nitriles is 1.